The van der Waals surface area contributed by atoms with Crippen LogP contribution in [0.5, 0.6) is 0 Å². The summed E-state index contributed by atoms with van der Waals surface area (Å²) in [5, 5.41) is 8.59. The number of pyridine rings is 1. The van der Waals surface area contributed by atoms with Crippen LogP contribution in [0, 0.1) is 12.9 Å². The third-order valence-electron chi connectivity index (χ3n) is 1.16. The zero-order chi connectivity index (χ0) is 7.56. The maximum atomic E-state index is 12.4. The summed E-state index contributed by atoms with van der Waals surface area (Å²) < 4.78 is 12.4. The van der Waals surface area contributed by atoms with Gasteiger partial charge in [0, 0.05) is 5.69 Å². The van der Waals surface area contributed by atoms with E-state index in [2.05, 4.69) is 4.98 Å². The average Bonchev–Trinajstić information content (AvgIpc) is 1.85. The van der Waals surface area contributed by atoms with Gasteiger partial charge in [-0.05, 0) is 24.6 Å². The molecule has 3 heteroatoms. The van der Waals surface area contributed by atoms with Gasteiger partial charge < -0.3 is 5.11 Å². The molecular formula is C7H8FNO. The lowest BCUT2D eigenvalue weighted by Gasteiger charge is -1.96. The van der Waals surface area contributed by atoms with Crippen molar-refractivity contribution in [2.24, 2.45) is 0 Å². The molecule has 10 heavy (non-hydrogen) atoms. The van der Waals surface area contributed by atoms with Gasteiger partial charge in [0.15, 0.2) is 0 Å². The number of nitrogens with zero attached hydrogens (tertiary/aromatic N) is 1. The summed E-state index contributed by atoms with van der Waals surface area (Å²) in [6.45, 7) is 1.54. The number of aliphatic hydroxyl groups excluding tert-OH is 1. The summed E-state index contributed by atoms with van der Waals surface area (Å²) in [7, 11) is 0. The predicted octanol–water partition coefficient (Wildman–Crippen LogP) is 1.02. The molecule has 0 saturated carbocycles. The van der Waals surface area contributed by atoms with E-state index in [1.54, 1.807) is 13.0 Å². The summed E-state index contributed by atoms with van der Waals surface area (Å²) >= 11 is 0. The average molecular weight is 141 g/mol. The Morgan fingerprint density at radius 3 is 2.80 bits per heavy atom. The largest absolute Gasteiger partial charge is 0.392 e. The minimum atomic E-state index is -0.538. The molecule has 1 N–H and O–H groups in total. The Balaban J connectivity index is 3.06. The van der Waals surface area contributed by atoms with E-state index in [-0.39, 0.29) is 6.61 Å². The highest BCUT2D eigenvalue weighted by atomic mass is 19.1. The number of aromatic nitrogens is 1. The van der Waals surface area contributed by atoms with Crippen LogP contribution in [0.25, 0.3) is 0 Å². The van der Waals surface area contributed by atoms with E-state index in [0.717, 1.165) is 0 Å². The van der Waals surface area contributed by atoms with E-state index >= 15 is 0 Å². The van der Waals surface area contributed by atoms with Crippen LogP contribution < -0.4 is 0 Å². The van der Waals surface area contributed by atoms with Crippen molar-refractivity contribution < 1.29 is 9.50 Å². The van der Waals surface area contributed by atoms with Crippen LogP contribution in [0.3, 0.4) is 0 Å². The van der Waals surface area contributed by atoms with Crippen molar-refractivity contribution in [3.63, 3.8) is 0 Å². The number of hydrogen-bond donors (Lipinski definition) is 1. The third-order valence-corrected chi connectivity index (χ3v) is 1.16. The van der Waals surface area contributed by atoms with Crippen LogP contribution in [0.1, 0.15) is 11.3 Å². The molecule has 0 radical (unpaired) electrons. The third kappa shape index (κ3) is 1.51. The molecule has 54 valence electrons. The molecule has 0 fully saturated rings. The number of aliphatic hydroxyl groups is 1. The standard InChI is InChI=1S/C7H8FNO/c1-5-2-6(4-10)3-7(8)9-5/h2-3,10H,4H2,1H3. The van der Waals surface area contributed by atoms with Gasteiger partial charge >= 0.3 is 0 Å². The summed E-state index contributed by atoms with van der Waals surface area (Å²) in [6.07, 6.45) is 0. The minimum absolute atomic E-state index is 0.139. The fourth-order valence-corrected chi connectivity index (χ4v) is 0.787. The maximum Gasteiger partial charge on any atom is 0.213 e. The quantitative estimate of drug-likeness (QED) is 0.592. The fraction of sp³-hybridized carbons (Fsp3) is 0.286. The van der Waals surface area contributed by atoms with Crippen molar-refractivity contribution >= 4 is 0 Å². The second-order valence-corrected chi connectivity index (χ2v) is 2.10. The first kappa shape index (κ1) is 7.15. The van der Waals surface area contributed by atoms with E-state index < -0.39 is 5.95 Å². The summed E-state index contributed by atoms with van der Waals surface area (Å²) in [4.78, 5) is 3.50. The van der Waals surface area contributed by atoms with E-state index in [9.17, 15) is 4.39 Å². The Hall–Kier alpha value is -0.960. The number of aryl methyl sites for hydroxylation is 1. The summed E-state index contributed by atoms with van der Waals surface area (Å²) in [5.41, 5.74) is 1.15. The van der Waals surface area contributed by atoms with Crippen LogP contribution in [0.2, 0.25) is 0 Å². The van der Waals surface area contributed by atoms with Crippen molar-refractivity contribution in [2.75, 3.05) is 0 Å². The van der Waals surface area contributed by atoms with Crippen LogP contribution in [0.15, 0.2) is 12.1 Å². The molecule has 1 aromatic rings. The van der Waals surface area contributed by atoms with Gasteiger partial charge in [-0.15, -0.1) is 0 Å². The number of hydrogen-bond acceptors (Lipinski definition) is 2. The highest BCUT2D eigenvalue weighted by Crippen LogP contribution is 2.03. The van der Waals surface area contributed by atoms with E-state index in [4.69, 9.17) is 5.11 Å². The smallest absolute Gasteiger partial charge is 0.213 e. The van der Waals surface area contributed by atoms with Crippen LogP contribution in [-0.2, 0) is 6.61 Å². The van der Waals surface area contributed by atoms with Gasteiger partial charge in [-0.2, -0.15) is 4.39 Å². The van der Waals surface area contributed by atoms with Gasteiger partial charge in [-0.1, -0.05) is 0 Å². The Labute approximate surface area is 58.3 Å². The van der Waals surface area contributed by atoms with Crippen LogP contribution in [0.4, 0.5) is 4.39 Å². The Bertz CT molecular complexity index is 217. The first-order chi connectivity index (χ1) is 4.72. The molecule has 0 aromatic carbocycles. The molecule has 0 atom stereocenters. The molecule has 1 rings (SSSR count). The Kier molecular flexibility index (Phi) is 1.97. The lowest BCUT2D eigenvalue weighted by atomic mass is 10.2. The molecule has 0 bridgehead atoms. The van der Waals surface area contributed by atoms with E-state index in [0.29, 0.717) is 11.3 Å². The molecule has 0 saturated heterocycles. The van der Waals surface area contributed by atoms with E-state index in [1.807, 2.05) is 0 Å². The predicted molar refractivity (Wildman–Crippen MR) is 34.9 cm³/mol. The van der Waals surface area contributed by atoms with Gasteiger partial charge in [0.05, 0.1) is 6.61 Å². The normalized spacial score (nSPS) is 9.90. The molecule has 1 aromatic heterocycles. The molecule has 0 unspecified atom stereocenters. The van der Waals surface area contributed by atoms with Crippen molar-refractivity contribution in [2.45, 2.75) is 13.5 Å². The van der Waals surface area contributed by atoms with Crippen molar-refractivity contribution in [1.29, 1.82) is 0 Å². The van der Waals surface area contributed by atoms with Crippen molar-refractivity contribution in [3.05, 3.63) is 29.3 Å². The SMILES string of the molecule is Cc1cc(CO)cc(F)n1. The Morgan fingerprint density at radius 1 is 1.60 bits per heavy atom. The van der Waals surface area contributed by atoms with Crippen molar-refractivity contribution in [1.82, 2.24) is 4.98 Å². The molecule has 0 aliphatic rings. The lowest BCUT2D eigenvalue weighted by Crippen LogP contribution is -1.91. The van der Waals surface area contributed by atoms with Gasteiger partial charge in [-0.25, -0.2) is 4.98 Å². The molecule has 2 nitrogen and oxygen atoms in total. The molecule has 1 heterocycles. The maximum absolute atomic E-state index is 12.4. The monoisotopic (exact) mass is 141 g/mol. The Morgan fingerprint density at radius 2 is 2.30 bits per heavy atom. The van der Waals surface area contributed by atoms with Crippen LogP contribution in [-0.4, -0.2) is 10.1 Å². The minimum Gasteiger partial charge on any atom is -0.392 e. The first-order valence-corrected chi connectivity index (χ1v) is 2.96. The van der Waals surface area contributed by atoms with Crippen molar-refractivity contribution in [3.8, 4) is 0 Å². The second-order valence-electron chi connectivity index (χ2n) is 2.10. The zero-order valence-corrected chi connectivity index (χ0v) is 5.63. The van der Waals surface area contributed by atoms with Gasteiger partial charge in [-0.3, -0.25) is 0 Å². The molecule has 0 aliphatic carbocycles. The highest BCUT2D eigenvalue weighted by Gasteiger charge is 1.96. The topological polar surface area (TPSA) is 33.1 Å². The van der Waals surface area contributed by atoms with E-state index in [1.165, 1.54) is 6.07 Å². The number of halogens is 1. The van der Waals surface area contributed by atoms with Crippen LogP contribution >= 0.6 is 0 Å². The lowest BCUT2D eigenvalue weighted by molar-refractivity contribution is 0.280. The van der Waals surface area contributed by atoms with Gasteiger partial charge in [0.25, 0.3) is 0 Å². The molecular weight excluding hydrogens is 133 g/mol. The first-order valence-electron chi connectivity index (χ1n) is 2.96. The highest BCUT2D eigenvalue weighted by molar-refractivity contribution is 5.14. The summed E-state index contributed by atoms with van der Waals surface area (Å²) in [5.74, 6) is -0.538. The second kappa shape index (κ2) is 2.75. The fourth-order valence-electron chi connectivity index (χ4n) is 0.787. The zero-order valence-electron chi connectivity index (χ0n) is 5.63. The number of rotatable bonds is 1. The van der Waals surface area contributed by atoms with Gasteiger partial charge in [0.1, 0.15) is 0 Å². The van der Waals surface area contributed by atoms with Gasteiger partial charge in [0.2, 0.25) is 5.95 Å². The molecule has 0 amide bonds. The molecule has 0 aliphatic heterocycles. The summed E-state index contributed by atoms with van der Waals surface area (Å²) in [6, 6.07) is 2.86. The molecule has 0 spiro atoms.